The number of aromatic nitrogens is 2. The van der Waals surface area contributed by atoms with Crippen molar-refractivity contribution in [3.63, 3.8) is 0 Å². The predicted molar refractivity (Wildman–Crippen MR) is 85.7 cm³/mol. The lowest BCUT2D eigenvalue weighted by Gasteiger charge is -2.16. The highest BCUT2D eigenvalue weighted by atomic mass is 35.5. The van der Waals surface area contributed by atoms with Gasteiger partial charge in [0.25, 0.3) is 0 Å². The molecule has 0 bridgehead atoms. The lowest BCUT2D eigenvalue weighted by Crippen LogP contribution is -2.17. The number of aryl methyl sites for hydroxylation is 1. The van der Waals surface area contributed by atoms with Crippen LogP contribution in [0.4, 0.5) is 5.95 Å². The second kappa shape index (κ2) is 5.98. The standard InChI is InChI=1S/C16H20ClN3O/c1-11-10-20(15-9-13(21-2)7-8-14(15)17)16(18-11)19-12-5-3-4-6-12/h7-10,12H,3-6H2,1-2H3,(H,18,19). The molecule has 1 fully saturated rings. The van der Waals surface area contributed by atoms with Gasteiger partial charge >= 0.3 is 0 Å². The van der Waals surface area contributed by atoms with Crippen LogP contribution in [0.3, 0.4) is 0 Å². The van der Waals surface area contributed by atoms with E-state index < -0.39 is 0 Å². The van der Waals surface area contributed by atoms with Gasteiger partial charge in [0.1, 0.15) is 5.75 Å². The fourth-order valence-electron chi connectivity index (χ4n) is 2.84. The molecule has 1 aliphatic rings. The number of imidazole rings is 1. The average Bonchev–Trinajstić information content (AvgIpc) is 3.10. The molecule has 4 nitrogen and oxygen atoms in total. The molecule has 1 saturated carbocycles. The van der Waals surface area contributed by atoms with Gasteiger partial charge < -0.3 is 10.1 Å². The Labute approximate surface area is 130 Å². The van der Waals surface area contributed by atoms with Gasteiger partial charge in [0.15, 0.2) is 0 Å². The minimum absolute atomic E-state index is 0.509. The maximum absolute atomic E-state index is 6.35. The number of rotatable bonds is 4. The molecule has 112 valence electrons. The molecule has 0 atom stereocenters. The maximum atomic E-state index is 6.35. The highest BCUT2D eigenvalue weighted by Crippen LogP contribution is 2.29. The van der Waals surface area contributed by atoms with Crippen LogP contribution in [-0.4, -0.2) is 22.7 Å². The van der Waals surface area contributed by atoms with Crippen LogP contribution in [0.15, 0.2) is 24.4 Å². The fourth-order valence-corrected chi connectivity index (χ4v) is 3.05. The van der Waals surface area contributed by atoms with Crippen molar-refractivity contribution >= 4 is 17.5 Å². The molecule has 0 radical (unpaired) electrons. The molecule has 21 heavy (non-hydrogen) atoms. The largest absolute Gasteiger partial charge is 0.497 e. The smallest absolute Gasteiger partial charge is 0.208 e. The first-order chi connectivity index (χ1) is 10.2. The Kier molecular flexibility index (Phi) is 4.06. The van der Waals surface area contributed by atoms with Crippen molar-refractivity contribution < 1.29 is 4.74 Å². The van der Waals surface area contributed by atoms with E-state index in [4.69, 9.17) is 16.3 Å². The van der Waals surface area contributed by atoms with E-state index in [1.54, 1.807) is 7.11 Å². The predicted octanol–water partition coefficient (Wildman–Crippen LogP) is 4.20. The molecule has 0 aliphatic heterocycles. The number of anilines is 1. The molecule has 1 N–H and O–H groups in total. The Balaban J connectivity index is 1.97. The first-order valence-corrected chi connectivity index (χ1v) is 7.71. The van der Waals surface area contributed by atoms with Crippen LogP contribution in [0.1, 0.15) is 31.4 Å². The highest BCUT2D eigenvalue weighted by Gasteiger charge is 2.18. The SMILES string of the molecule is COc1ccc(Cl)c(-n2cc(C)nc2NC2CCCC2)c1. The summed E-state index contributed by atoms with van der Waals surface area (Å²) < 4.78 is 7.31. The van der Waals surface area contributed by atoms with Gasteiger partial charge in [0.2, 0.25) is 5.95 Å². The number of hydrogen-bond acceptors (Lipinski definition) is 3. The lowest BCUT2D eigenvalue weighted by molar-refractivity contribution is 0.414. The lowest BCUT2D eigenvalue weighted by atomic mass is 10.2. The third-order valence-electron chi connectivity index (χ3n) is 3.93. The first-order valence-electron chi connectivity index (χ1n) is 7.34. The van der Waals surface area contributed by atoms with Gasteiger partial charge in [-0.3, -0.25) is 4.57 Å². The molecular formula is C16H20ClN3O. The van der Waals surface area contributed by atoms with Gasteiger partial charge in [-0.1, -0.05) is 24.4 Å². The molecule has 1 heterocycles. The van der Waals surface area contributed by atoms with Crippen LogP contribution < -0.4 is 10.1 Å². The summed E-state index contributed by atoms with van der Waals surface area (Å²) in [6.07, 6.45) is 6.99. The van der Waals surface area contributed by atoms with E-state index in [2.05, 4.69) is 10.3 Å². The monoisotopic (exact) mass is 305 g/mol. The summed E-state index contributed by atoms with van der Waals surface area (Å²) in [6, 6.07) is 6.16. The first kappa shape index (κ1) is 14.3. The number of halogens is 1. The summed E-state index contributed by atoms with van der Waals surface area (Å²) in [5.41, 5.74) is 1.85. The number of nitrogens with zero attached hydrogens (tertiary/aromatic N) is 2. The van der Waals surface area contributed by atoms with Gasteiger partial charge in [-0.15, -0.1) is 0 Å². The minimum Gasteiger partial charge on any atom is -0.497 e. The second-order valence-electron chi connectivity index (χ2n) is 5.52. The molecule has 5 heteroatoms. The van der Waals surface area contributed by atoms with Gasteiger partial charge in [-0.2, -0.15) is 0 Å². The second-order valence-corrected chi connectivity index (χ2v) is 5.93. The average molecular weight is 306 g/mol. The number of methoxy groups -OCH3 is 1. The van der Waals surface area contributed by atoms with Crippen molar-refractivity contribution in [2.45, 2.75) is 38.6 Å². The van der Waals surface area contributed by atoms with Crippen molar-refractivity contribution in [3.05, 3.63) is 35.1 Å². The Morgan fingerprint density at radius 2 is 2.10 bits per heavy atom. The molecule has 1 aliphatic carbocycles. The third-order valence-corrected chi connectivity index (χ3v) is 4.25. The normalized spacial score (nSPS) is 15.4. The maximum Gasteiger partial charge on any atom is 0.208 e. The molecule has 2 aromatic rings. The zero-order valence-electron chi connectivity index (χ0n) is 12.4. The summed E-state index contributed by atoms with van der Waals surface area (Å²) >= 11 is 6.35. The van der Waals surface area contributed by atoms with Gasteiger partial charge in [0.05, 0.1) is 23.5 Å². The Morgan fingerprint density at radius 3 is 2.81 bits per heavy atom. The molecule has 0 unspecified atom stereocenters. The summed E-state index contributed by atoms with van der Waals surface area (Å²) in [6.45, 7) is 1.99. The summed E-state index contributed by atoms with van der Waals surface area (Å²) in [7, 11) is 1.66. The summed E-state index contributed by atoms with van der Waals surface area (Å²) in [5.74, 6) is 1.64. The molecule has 1 aromatic carbocycles. The zero-order chi connectivity index (χ0) is 14.8. The molecule has 1 aromatic heterocycles. The van der Waals surface area contributed by atoms with E-state index in [9.17, 15) is 0 Å². The molecule has 0 saturated heterocycles. The number of hydrogen-bond donors (Lipinski definition) is 1. The Bertz CT molecular complexity index is 632. The Hall–Kier alpha value is -1.68. The van der Waals surface area contributed by atoms with Crippen LogP contribution in [0.25, 0.3) is 5.69 Å². The van der Waals surface area contributed by atoms with Crippen LogP contribution in [0, 0.1) is 6.92 Å². The summed E-state index contributed by atoms with van der Waals surface area (Å²) in [5, 5.41) is 4.23. The van der Waals surface area contributed by atoms with E-state index >= 15 is 0 Å². The molecule has 3 rings (SSSR count). The van der Waals surface area contributed by atoms with Crippen molar-refractivity contribution in [2.24, 2.45) is 0 Å². The topological polar surface area (TPSA) is 39.1 Å². The highest BCUT2D eigenvalue weighted by molar-refractivity contribution is 6.32. The minimum atomic E-state index is 0.509. The van der Waals surface area contributed by atoms with Gasteiger partial charge in [-0.25, -0.2) is 4.98 Å². The van der Waals surface area contributed by atoms with Crippen LogP contribution >= 0.6 is 11.6 Å². The van der Waals surface area contributed by atoms with E-state index in [0.717, 1.165) is 23.1 Å². The molecular weight excluding hydrogens is 286 g/mol. The van der Waals surface area contributed by atoms with Crippen molar-refractivity contribution in [2.75, 3.05) is 12.4 Å². The number of nitrogens with one attached hydrogen (secondary N) is 1. The van der Waals surface area contributed by atoms with Gasteiger partial charge in [-0.05, 0) is 31.9 Å². The van der Waals surface area contributed by atoms with E-state index in [1.807, 2.05) is 35.9 Å². The van der Waals surface area contributed by atoms with Crippen molar-refractivity contribution in [1.82, 2.24) is 9.55 Å². The van der Waals surface area contributed by atoms with Gasteiger partial charge in [0, 0.05) is 18.3 Å². The number of ether oxygens (including phenoxy) is 1. The van der Waals surface area contributed by atoms with E-state index in [1.165, 1.54) is 25.7 Å². The van der Waals surface area contributed by atoms with Crippen LogP contribution in [0.5, 0.6) is 5.75 Å². The van der Waals surface area contributed by atoms with E-state index in [0.29, 0.717) is 11.1 Å². The third kappa shape index (κ3) is 3.00. The quantitative estimate of drug-likeness (QED) is 0.920. The Morgan fingerprint density at radius 1 is 1.33 bits per heavy atom. The van der Waals surface area contributed by atoms with Crippen LogP contribution in [0.2, 0.25) is 5.02 Å². The van der Waals surface area contributed by atoms with E-state index in [-0.39, 0.29) is 0 Å². The zero-order valence-corrected chi connectivity index (χ0v) is 13.2. The summed E-state index contributed by atoms with van der Waals surface area (Å²) in [4.78, 5) is 4.60. The fraction of sp³-hybridized carbons (Fsp3) is 0.438. The van der Waals surface area contributed by atoms with Crippen molar-refractivity contribution in [1.29, 1.82) is 0 Å². The van der Waals surface area contributed by atoms with Crippen LogP contribution in [-0.2, 0) is 0 Å². The number of benzene rings is 1. The molecule has 0 spiro atoms. The van der Waals surface area contributed by atoms with Crippen molar-refractivity contribution in [3.8, 4) is 11.4 Å². The molecule has 0 amide bonds.